The minimum absolute atomic E-state index is 0.00962. The van der Waals surface area contributed by atoms with Crippen molar-refractivity contribution in [2.45, 2.75) is 83.1 Å². The van der Waals surface area contributed by atoms with E-state index < -0.39 is 53.8 Å². The number of unbranched alkanes of at least 4 members (excludes halogenated alkanes) is 1. The molecule has 13 nitrogen and oxygen atoms in total. The van der Waals surface area contributed by atoms with E-state index in [1.807, 2.05) is 74.5 Å². The summed E-state index contributed by atoms with van der Waals surface area (Å²) in [5.41, 5.74) is 13.8. The van der Waals surface area contributed by atoms with Crippen molar-refractivity contribution in [2.24, 2.45) is 17.4 Å². The molecule has 0 fully saturated rings. The van der Waals surface area contributed by atoms with Gasteiger partial charge in [-0.05, 0) is 67.8 Å². The number of nitrogens with two attached hydrogens (primary N) is 2. The van der Waals surface area contributed by atoms with Crippen LogP contribution in [0.4, 0.5) is 0 Å². The van der Waals surface area contributed by atoms with Crippen LogP contribution in [0.1, 0.15) is 66.8 Å². The number of pyridine rings is 1. The maximum atomic E-state index is 13.8. The zero-order valence-corrected chi connectivity index (χ0v) is 28.6. The van der Waals surface area contributed by atoms with Crippen molar-refractivity contribution >= 4 is 29.6 Å². The third-order valence-corrected chi connectivity index (χ3v) is 7.94. The SMILES string of the molecule is CC(C)C[C@@H](NC(=O)[C@@H](Cc1ccccc1)NC(=O)[C@H](N)Cc1ccccc1)C(=O)N[C@H](CCCCN)C(=O)NCc1cccc(C(=O)O)n1. The number of rotatable bonds is 20. The lowest BCUT2D eigenvalue weighted by Crippen LogP contribution is -2.58. The molecule has 268 valence electrons. The van der Waals surface area contributed by atoms with Gasteiger partial charge in [0.2, 0.25) is 23.6 Å². The van der Waals surface area contributed by atoms with E-state index in [0.29, 0.717) is 25.1 Å². The Morgan fingerprint density at radius 1 is 0.700 bits per heavy atom. The molecular formula is C37H49N7O6. The molecule has 50 heavy (non-hydrogen) atoms. The van der Waals surface area contributed by atoms with Crippen LogP contribution in [0.5, 0.6) is 0 Å². The number of hydrogen-bond acceptors (Lipinski definition) is 8. The molecule has 0 spiro atoms. The van der Waals surface area contributed by atoms with Gasteiger partial charge in [-0.25, -0.2) is 9.78 Å². The van der Waals surface area contributed by atoms with Crippen molar-refractivity contribution in [1.82, 2.24) is 26.3 Å². The average molecular weight is 688 g/mol. The van der Waals surface area contributed by atoms with Gasteiger partial charge in [0.15, 0.2) is 0 Å². The second kappa shape index (κ2) is 20.4. The van der Waals surface area contributed by atoms with Crippen molar-refractivity contribution in [2.75, 3.05) is 6.54 Å². The highest BCUT2D eigenvalue weighted by atomic mass is 16.4. The van der Waals surface area contributed by atoms with Gasteiger partial charge in [0.1, 0.15) is 23.8 Å². The van der Waals surface area contributed by atoms with Gasteiger partial charge >= 0.3 is 5.97 Å². The van der Waals surface area contributed by atoms with Crippen LogP contribution in [0.2, 0.25) is 0 Å². The number of nitrogens with one attached hydrogen (secondary N) is 4. The van der Waals surface area contributed by atoms with Gasteiger partial charge < -0.3 is 37.8 Å². The van der Waals surface area contributed by atoms with Crippen LogP contribution < -0.4 is 32.7 Å². The molecular weight excluding hydrogens is 638 g/mol. The number of aromatic carboxylic acids is 1. The normalized spacial score (nSPS) is 13.4. The van der Waals surface area contributed by atoms with Crippen molar-refractivity contribution in [3.63, 3.8) is 0 Å². The second-order valence-corrected chi connectivity index (χ2v) is 12.6. The smallest absolute Gasteiger partial charge is 0.354 e. The molecule has 1 heterocycles. The first-order valence-electron chi connectivity index (χ1n) is 16.9. The number of aromatic nitrogens is 1. The van der Waals surface area contributed by atoms with Crippen LogP contribution in [0.25, 0.3) is 0 Å². The van der Waals surface area contributed by atoms with E-state index >= 15 is 0 Å². The van der Waals surface area contributed by atoms with E-state index in [-0.39, 0.29) is 43.8 Å². The van der Waals surface area contributed by atoms with E-state index in [0.717, 1.165) is 11.1 Å². The summed E-state index contributed by atoms with van der Waals surface area (Å²) in [7, 11) is 0. The third-order valence-electron chi connectivity index (χ3n) is 7.94. The Balaban J connectivity index is 1.75. The predicted octanol–water partition coefficient (Wildman–Crippen LogP) is 1.84. The molecule has 0 saturated heterocycles. The van der Waals surface area contributed by atoms with Gasteiger partial charge in [-0.2, -0.15) is 0 Å². The topological polar surface area (TPSA) is 219 Å². The van der Waals surface area contributed by atoms with E-state index in [1.54, 1.807) is 6.07 Å². The van der Waals surface area contributed by atoms with Gasteiger partial charge in [-0.15, -0.1) is 0 Å². The molecule has 0 bridgehead atoms. The predicted molar refractivity (Wildman–Crippen MR) is 189 cm³/mol. The van der Waals surface area contributed by atoms with Gasteiger partial charge in [-0.1, -0.05) is 80.6 Å². The summed E-state index contributed by atoms with van der Waals surface area (Å²) < 4.78 is 0. The van der Waals surface area contributed by atoms with Gasteiger partial charge in [0, 0.05) is 6.42 Å². The lowest BCUT2D eigenvalue weighted by Gasteiger charge is -2.27. The van der Waals surface area contributed by atoms with Gasteiger partial charge in [0.05, 0.1) is 18.3 Å². The summed E-state index contributed by atoms with van der Waals surface area (Å²) in [4.78, 5) is 69.5. The summed E-state index contributed by atoms with van der Waals surface area (Å²) in [5, 5.41) is 20.4. The van der Waals surface area contributed by atoms with Crippen molar-refractivity contribution in [3.8, 4) is 0 Å². The number of carbonyl (C=O) groups excluding carboxylic acids is 4. The Kier molecular flexibility index (Phi) is 16.0. The number of carbonyl (C=O) groups is 5. The Labute approximate surface area is 293 Å². The van der Waals surface area contributed by atoms with Crippen LogP contribution in [-0.4, -0.2) is 70.4 Å². The Bertz CT molecular complexity index is 1550. The molecule has 2 aromatic carbocycles. The number of benzene rings is 2. The molecule has 0 saturated carbocycles. The fourth-order valence-corrected chi connectivity index (χ4v) is 5.31. The summed E-state index contributed by atoms with van der Waals surface area (Å²) >= 11 is 0. The maximum Gasteiger partial charge on any atom is 0.354 e. The minimum atomic E-state index is -1.19. The number of carboxylic acid groups (broad SMARTS) is 1. The Morgan fingerprint density at radius 2 is 1.28 bits per heavy atom. The fraction of sp³-hybridized carbons (Fsp3) is 0.405. The quantitative estimate of drug-likeness (QED) is 0.0861. The molecule has 4 atom stereocenters. The molecule has 4 amide bonds. The first-order valence-corrected chi connectivity index (χ1v) is 16.9. The number of amides is 4. The summed E-state index contributed by atoms with van der Waals surface area (Å²) in [6.45, 7) is 4.16. The van der Waals surface area contributed by atoms with Crippen LogP contribution in [0.3, 0.4) is 0 Å². The first-order chi connectivity index (χ1) is 24.0. The summed E-state index contributed by atoms with van der Waals surface area (Å²) in [6.07, 6.45) is 2.16. The second-order valence-electron chi connectivity index (χ2n) is 12.6. The fourth-order valence-electron chi connectivity index (χ4n) is 5.31. The monoisotopic (exact) mass is 687 g/mol. The van der Waals surface area contributed by atoms with Crippen molar-refractivity contribution < 1.29 is 29.1 Å². The molecule has 9 N–H and O–H groups in total. The highest BCUT2D eigenvalue weighted by Gasteiger charge is 2.31. The highest BCUT2D eigenvalue weighted by Crippen LogP contribution is 2.11. The average Bonchev–Trinajstić information content (AvgIpc) is 3.10. The number of nitrogens with zero attached hydrogens (tertiary/aromatic N) is 1. The number of hydrogen-bond donors (Lipinski definition) is 7. The first kappa shape index (κ1) is 39.3. The van der Waals surface area contributed by atoms with Gasteiger partial charge in [0.25, 0.3) is 0 Å². The molecule has 13 heteroatoms. The van der Waals surface area contributed by atoms with E-state index in [9.17, 15) is 29.1 Å². The van der Waals surface area contributed by atoms with Crippen LogP contribution in [0.15, 0.2) is 78.9 Å². The zero-order valence-electron chi connectivity index (χ0n) is 28.6. The largest absolute Gasteiger partial charge is 0.477 e. The highest BCUT2D eigenvalue weighted by molar-refractivity contribution is 5.95. The Hall–Kier alpha value is -5.14. The molecule has 0 aliphatic heterocycles. The lowest BCUT2D eigenvalue weighted by molar-refractivity contribution is -0.134. The summed E-state index contributed by atoms with van der Waals surface area (Å²) in [6, 6.07) is 19.0. The molecule has 0 radical (unpaired) electrons. The van der Waals surface area contributed by atoms with Gasteiger partial charge in [-0.3, -0.25) is 19.2 Å². The standard InChI is InChI=1S/C37H49N7O6/c1-24(2)20-31(35(47)42-29(17-9-10-19-38)34(46)40-23-27-16-11-18-30(41-27)37(49)50)44-36(48)32(22-26-14-7-4-8-15-26)43-33(45)28(39)21-25-12-5-3-6-13-25/h3-8,11-16,18,24,28-29,31-32H,9-10,17,19-23,38-39H2,1-2H3,(H,40,46)(H,42,47)(H,43,45)(H,44,48)(H,49,50)/t28-,29-,31-,32-/m1/s1. The molecule has 3 rings (SSSR count). The van der Waals surface area contributed by atoms with Crippen molar-refractivity contribution in [1.29, 1.82) is 0 Å². The van der Waals surface area contributed by atoms with Crippen LogP contribution in [-0.2, 0) is 38.6 Å². The van der Waals surface area contributed by atoms with Crippen LogP contribution in [0, 0.1) is 5.92 Å². The summed E-state index contributed by atoms with van der Waals surface area (Å²) in [5.74, 6) is -3.32. The number of carboxylic acids is 1. The zero-order chi connectivity index (χ0) is 36.5. The molecule has 0 aliphatic rings. The van der Waals surface area contributed by atoms with Crippen LogP contribution >= 0.6 is 0 Å². The van der Waals surface area contributed by atoms with Crippen molar-refractivity contribution in [3.05, 3.63) is 101 Å². The van der Waals surface area contributed by atoms with E-state index in [4.69, 9.17) is 11.5 Å². The molecule has 0 unspecified atom stereocenters. The molecule has 3 aromatic rings. The molecule has 1 aromatic heterocycles. The van der Waals surface area contributed by atoms with E-state index in [1.165, 1.54) is 12.1 Å². The Morgan fingerprint density at radius 3 is 1.88 bits per heavy atom. The molecule has 0 aliphatic carbocycles. The minimum Gasteiger partial charge on any atom is -0.477 e. The van der Waals surface area contributed by atoms with E-state index in [2.05, 4.69) is 26.3 Å². The lowest BCUT2D eigenvalue weighted by atomic mass is 9.99. The maximum absolute atomic E-state index is 13.8. The third kappa shape index (κ3) is 13.4.